The van der Waals surface area contributed by atoms with Crippen LogP contribution in [0, 0.1) is 6.01 Å². The molecule has 0 unspecified atom stereocenters. The van der Waals surface area contributed by atoms with Gasteiger partial charge in [-0.3, -0.25) is 0 Å². The molecular weight excluding hydrogens is 207 g/mol. The summed E-state index contributed by atoms with van der Waals surface area (Å²) in [6.07, 6.45) is 0. The molecule has 0 bridgehead atoms. The minimum atomic E-state index is -0.854. The standard InChI is InChI=1S/C13H7FO2/c14-12-7-10-5-8-3-1-2-4-9(8)6-11(10)13(15)16-12/h1-7H. The van der Waals surface area contributed by atoms with Crippen molar-refractivity contribution in [3.8, 4) is 0 Å². The van der Waals surface area contributed by atoms with Gasteiger partial charge in [0.1, 0.15) is 0 Å². The maximum absolute atomic E-state index is 12.9. The van der Waals surface area contributed by atoms with Gasteiger partial charge in [-0.25, -0.2) is 4.79 Å². The van der Waals surface area contributed by atoms with E-state index in [9.17, 15) is 9.18 Å². The molecule has 78 valence electrons. The predicted octanol–water partition coefficient (Wildman–Crippen LogP) is 3.09. The number of rotatable bonds is 0. The van der Waals surface area contributed by atoms with Crippen LogP contribution in [-0.4, -0.2) is 0 Å². The summed E-state index contributed by atoms with van der Waals surface area (Å²) in [5, 5.41) is 2.88. The lowest BCUT2D eigenvalue weighted by Crippen LogP contribution is -2.00. The highest BCUT2D eigenvalue weighted by Crippen LogP contribution is 2.20. The molecular formula is C13H7FO2. The molecule has 3 rings (SSSR count). The summed E-state index contributed by atoms with van der Waals surface area (Å²) in [4.78, 5) is 11.4. The Kier molecular flexibility index (Phi) is 1.80. The van der Waals surface area contributed by atoms with Gasteiger partial charge >= 0.3 is 5.63 Å². The van der Waals surface area contributed by atoms with Crippen LogP contribution >= 0.6 is 0 Å². The SMILES string of the molecule is O=c1oc(F)cc2cc3ccccc3cc12. The second-order valence-electron chi connectivity index (χ2n) is 3.62. The maximum atomic E-state index is 12.9. The van der Waals surface area contributed by atoms with E-state index in [1.165, 1.54) is 6.07 Å². The molecule has 0 atom stereocenters. The third-order valence-electron chi connectivity index (χ3n) is 2.60. The first-order valence-corrected chi connectivity index (χ1v) is 4.86. The van der Waals surface area contributed by atoms with Crippen molar-refractivity contribution in [3.05, 3.63) is 58.9 Å². The van der Waals surface area contributed by atoms with Gasteiger partial charge in [0.2, 0.25) is 0 Å². The van der Waals surface area contributed by atoms with Crippen molar-refractivity contribution in [1.29, 1.82) is 0 Å². The summed E-state index contributed by atoms with van der Waals surface area (Å²) < 4.78 is 17.3. The van der Waals surface area contributed by atoms with Crippen molar-refractivity contribution in [2.75, 3.05) is 0 Å². The monoisotopic (exact) mass is 214 g/mol. The second kappa shape index (κ2) is 3.17. The molecule has 1 heterocycles. The van der Waals surface area contributed by atoms with Gasteiger partial charge in [0.05, 0.1) is 5.39 Å². The molecule has 0 fully saturated rings. The van der Waals surface area contributed by atoms with Gasteiger partial charge in [-0.2, -0.15) is 4.39 Å². The second-order valence-corrected chi connectivity index (χ2v) is 3.62. The Morgan fingerprint density at radius 2 is 1.62 bits per heavy atom. The van der Waals surface area contributed by atoms with Crippen molar-refractivity contribution in [2.45, 2.75) is 0 Å². The molecule has 16 heavy (non-hydrogen) atoms. The lowest BCUT2D eigenvalue weighted by molar-refractivity contribution is 0.330. The smallest absolute Gasteiger partial charge is 0.346 e. The van der Waals surface area contributed by atoms with E-state index in [4.69, 9.17) is 0 Å². The molecule has 0 saturated heterocycles. The number of halogens is 1. The first-order valence-electron chi connectivity index (χ1n) is 4.86. The molecule has 0 saturated carbocycles. The number of hydrogen-bond acceptors (Lipinski definition) is 2. The Hall–Kier alpha value is -2.16. The van der Waals surface area contributed by atoms with E-state index in [-0.39, 0.29) is 0 Å². The van der Waals surface area contributed by atoms with Crippen molar-refractivity contribution in [2.24, 2.45) is 0 Å². The van der Waals surface area contributed by atoms with Gasteiger partial charge < -0.3 is 4.42 Å². The fourth-order valence-corrected chi connectivity index (χ4v) is 1.85. The van der Waals surface area contributed by atoms with Crippen LogP contribution in [0.4, 0.5) is 4.39 Å². The first-order chi connectivity index (χ1) is 7.74. The lowest BCUT2D eigenvalue weighted by Gasteiger charge is -2.00. The fourth-order valence-electron chi connectivity index (χ4n) is 1.85. The Labute approximate surface area is 89.9 Å². The topological polar surface area (TPSA) is 30.2 Å². The van der Waals surface area contributed by atoms with Crippen LogP contribution in [0.3, 0.4) is 0 Å². The van der Waals surface area contributed by atoms with Gasteiger partial charge in [-0.15, -0.1) is 0 Å². The molecule has 2 aromatic carbocycles. The molecule has 0 aliphatic carbocycles. The summed E-state index contributed by atoms with van der Waals surface area (Å²) in [5.41, 5.74) is -0.638. The zero-order valence-electron chi connectivity index (χ0n) is 8.24. The summed E-state index contributed by atoms with van der Waals surface area (Å²) in [7, 11) is 0. The van der Waals surface area contributed by atoms with Crippen LogP contribution < -0.4 is 5.63 Å². The molecule has 0 aliphatic heterocycles. The summed E-state index contributed by atoms with van der Waals surface area (Å²) in [6, 6.07) is 11.5. The van der Waals surface area contributed by atoms with Gasteiger partial charge in [-0.1, -0.05) is 24.3 Å². The van der Waals surface area contributed by atoms with Crippen molar-refractivity contribution in [1.82, 2.24) is 0 Å². The maximum Gasteiger partial charge on any atom is 0.346 e. The Balaban J connectivity index is 2.56. The van der Waals surface area contributed by atoms with Gasteiger partial charge in [0, 0.05) is 6.07 Å². The van der Waals surface area contributed by atoms with Crippen LogP contribution in [0.25, 0.3) is 21.5 Å². The van der Waals surface area contributed by atoms with Gasteiger partial charge in [0.25, 0.3) is 6.01 Å². The number of fused-ring (bicyclic) bond motifs is 2. The molecule has 1 aromatic heterocycles. The number of hydrogen-bond donors (Lipinski definition) is 0. The molecule has 0 radical (unpaired) electrons. The van der Waals surface area contributed by atoms with Crippen molar-refractivity contribution >= 4 is 21.5 Å². The average Bonchev–Trinajstić information content (AvgIpc) is 2.27. The third kappa shape index (κ3) is 1.29. The van der Waals surface area contributed by atoms with E-state index in [2.05, 4.69) is 4.42 Å². The van der Waals surface area contributed by atoms with Crippen LogP contribution in [0.15, 0.2) is 51.7 Å². The van der Waals surface area contributed by atoms with Gasteiger partial charge in [-0.05, 0) is 28.3 Å². The highest BCUT2D eigenvalue weighted by atomic mass is 19.1. The van der Waals surface area contributed by atoms with Crippen molar-refractivity contribution in [3.63, 3.8) is 0 Å². The summed E-state index contributed by atoms with van der Waals surface area (Å²) in [5.74, 6) is 0. The normalized spacial score (nSPS) is 11.1. The minimum absolute atomic E-state index is 0.403. The molecule has 0 N–H and O–H groups in total. The highest BCUT2D eigenvalue weighted by molar-refractivity contribution is 5.97. The van der Waals surface area contributed by atoms with E-state index in [0.29, 0.717) is 10.8 Å². The molecule has 3 heteroatoms. The molecule has 0 amide bonds. The zero-order chi connectivity index (χ0) is 11.1. The Morgan fingerprint density at radius 3 is 2.38 bits per heavy atom. The van der Waals surface area contributed by atoms with Gasteiger partial charge in [0.15, 0.2) is 0 Å². The summed E-state index contributed by atoms with van der Waals surface area (Å²) >= 11 is 0. The highest BCUT2D eigenvalue weighted by Gasteiger charge is 2.05. The van der Waals surface area contributed by atoms with Crippen LogP contribution in [0.2, 0.25) is 0 Å². The van der Waals surface area contributed by atoms with E-state index in [1.807, 2.05) is 24.3 Å². The minimum Gasteiger partial charge on any atom is -0.395 e. The Bertz CT molecular complexity index is 744. The Morgan fingerprint density at radius 1 is 0.938 bits per heavy atom. The van der Waals surface area contributed by atoms with E-state index < -0.39 is 11.6 Å². The largest absolute Gasteiger partial charge is 0.395 e. The van der Waals surface area contributed by atoms with Crippen LogP contribution in [0.1, 0.15) is 0 Å². The molecule has 3 aromatic rings. The van der Waals surface area contributed by atoms with Crippen LogP contribution in [0.5, 0.6) is 0 Å². The third-order valence-corrected chi connectivity index (χ3v) is 2.60. The van der Waals surface area contributed by atoms with E-state index >= 15 is 0 Å². The van der Waals surface area contributed by atoms with Crippen molar-refractivity contribution < 1.29 is 8.81 Å². The zero-order valence-corrected chi connectivity index (χ0v) is 8.24. The lowest BCUT2D eigenvalue weighted by atomic mass is 10.1. The quantitative estimate of drug-likeness (QED) is 0.538. The summed E-state index contributed by atoms with van der Waals surface area (Å²) in [6.45, 7) is 0. The van der Waals surface area contributed by atoms with E-state index in [0.717, 1.165) is 10.8 Å². The van der Waals surface area contributed by atoms with Crippen LogP contribution in [-0.2, 0) is 0 Å². The first kappa shape index (κ1) is 9.09. The van der Waals surface area contributed by atoms with E-state index in [1.54, 1.807) is 12.1 Å². The molecule has 0 aliphatic rings. The fraction of sp³-hybridized carbons (Fsp3) is 0. The molecule has 2 nitrogen and oxygen atoms in total. The predicted molar refractivity (Wildman–Crippen MR) is 59.9 cm³/mol. The average molecular weight is 214 g/mol. The number of benzene rings is 2. The molecule has 0 spiro atoms.